The molecule has 0 saturated carbocycles. The van der Waals surface area contributed by atoms with Gasteiger partial charge in [0, 0.05) is 5.69 Å². The van der Waals surface area contributed by atoms with Crippen molar-refractivity contribution in [2.24, 2.45) is 0 Å². The first-order valence-electron chi connectivity index (χ1n) is 5.73. The Morgan fingerprint density at radius 3 is 2.37 bits per heavy atom. The third-order valence-corrected chi connectivity index (χ3v) is 2.97. The minimum atomic E-state index is -1.28. The van der Waals surface area contributed by atoms with Gasteiger partial charge in [0.2, 0.25) is 0 Å². The molecule has 7 nitrogen and oxygen atoms in total. The summed E-state index contributed by atoms with van der Waals surface area (Å²) in [4.78, 5) is 10.6. The third kappa shape index (κ3) is 2.85. The van der Waals surface area contributed by atoms with E-state index in [-0.39, 0.29) is 5.56 Å². The van der Waals surface area contributed by atoms with Gasteiger partial charge in [0.15, 0.2) is 6.23 Å². The molecule has 1 saturated heterocycles. The van der Waals surface area contributed by atoms with Crippen LogP contribution in [-0.2, 0) is 4.74 Å². The lowest BCUT2D eigenvalue weighted by Gasteiger charge is -2.18. The van der Waals surface area contributed by atoms with Crippen molar-refractivity contribution in [3.8, 4) is 0 Å². The Balaban J connectivity index is 2.03. The lowest BCUT2D eigenvalue weighted by Crippen LogP contribution is -2.36. The highest BCUT2D eigenvalue weighted by Crippen LogP contribution is 2.23. The predicted octanol–water partition coefficient (Wildman–Crippen LogP) is -2.10. The summed E-state index contributed by atoms with van der Waals surface area (Å²) in [7, 11) is 0. The van der Waals surface area contributed by atoms with Crippen LogP contribution < -0.4 is 10.4 Å². The van der Waals surface area contributed by atoms with Crippen molar-refractivity contribution in [3.05, 3.63) is 29.8 Å². The van der Waals surface area contributed by atoms with Gasteiger partial charge in [0.1, 0.15) is 18.3 Å². The number of carboxylic acids is 1. The number of aliphatic hydroxyl groups is 3. The zero-order chi connectivity index (χ0) is 14.0. The number of aliphatic hydroxyl groups excluding tert-OH is 3. The smallest absolute Gasteiger partial charge is 0.157 e. The molecule has 1 heterocycles. The topological polar surface area (TPSA) is 122 Å². The van der Waals surface area contributed by atoms with Gasteiger partial charge in [-0.3, -0.25) is 0 Å². The molecule has 104 valence electrons. The van der Waals surface area contributed by atoms with Crippen molar-refractivity contribution < 1.29 is 30.0 Å². The van der Waals surface area contributed by atoms with Gasteiger partial charge >= 0.3 is 0 Å². The van der Waals surface area contributed by atoms with Crippen LogP contribution >= 0.6 is 0 Å². The average molecular weight is 268 g/mol. The predicted molar refractivity (Wildman–Crippen MR) is 62.2 cm³/mol. The summed E-state index contributed by atoms with van der Waals surface area (Å²) in [6, 6.07) is 5.66. The number of carbonyl (C=O) groups is 1. The summed E-state index contributed by atoms with van der Waals surface area (Å²) in [6.45, 7) is -0.403. The second-order valence-corrected chi connectivity index (χ2v) is 4.27. The van der Waals surface area contributed by atoms with Gasteiger partial charge in [-0.2, -0.15) is 0 Å². The number of aromatic carboxylic acids is 1. The first-order valence-corrected chi connectivity index (χ1v) is 5.73. The van der Waals surface area contributed by atoms with Gasteiger partial charge in [0.05, 0.1) is 12.6 Å². The van der Waals surface area contributed by atoms with E-state index in [4.69, 9.17) is 9.84 Å². The molecule has 0 aromatic heterocycles. The number of nitrogens with one attached hydrogen (secondary N) is 1. The normalized spacial score (nSPS) is 30.3. The van der Waals surface area contributed by atoms with E-state index in [2.05, 4.69) is 5.32 Å². The van der Waals surface area contributed by atoms with Gasteiger partial charge in [-0.05, 0) is 17.7 Å². The maximum absolute atomic E-state index is 10.6. The maximum Gasteiger partial charge on any atom is 0.157 e. The fraction of sp³-hybridized carbons (Fsp3) is 0.417. The molecule has 4 N–H and O–H groups in total. The van der Waals surface area contributed by atoms with Gasteiger partial charge in [-0.25, -0.2) is 0 Å². The molecule has 0 bridgehead atoms. The largest absolute Gasteiger partial charge is 0.545 e. The van der Waals surface area contributed by atoms with Crippen molar-refractivity contribution >= 4 is 11.7 Å². The Kier molecular flexibility index (Phi) is 4.01. The van der Waals surface area contributed by atoms with Gasteiger partial charge in [-0.1, -0.05) is 12.1 Å². The number of anilines is 1. The number of carbonyl (C=O) groups excluding carboxylic acids is 1. The van der Waals surface area contributed by atoms with Crippen LogP contribution in [0.25, 0.3) is 0 Å². The minimum Gasteiger partial charge on any atom is -0.545 e. The van der Waals surface area contributed by atoms with Crippen LogP contribution in [-0.4, -0.2) is 52.4 Å². The van der Waals surface area contributed by atoms with E-state index in [1.54, 1.807) is 0 Å². The molecule has 0 unspecified atom stereocenters. The number of hydrogen-bond donors (Lipinski definition) is 4. The van der Waals surface area contributed by atoms with Gasteiger partial charge < -0.3 is 35.3 Å². The molecule has 0 radical (unpaired) electrons. The summed E-state index contributed by atoms with van der Waals surface area (Å²) in [5.41, 5.74) is 0.548. The Hall–Kier alpha value is -1.67. The summed E-state index contributed by atoms with van der Waals surface area (Å²) in [6.07, 6.45) is -4.08. The van der Waals surface area contributed by atoms with Crippen molar-refractivity contribution in [1.29, 1.82) is 0 Å². The highest BCUT2D eigenvalue weighted by atomic mass is 16.6. The lowest BCUT2D eigenvalue weighted by molar-refractivity contribution is -0.255. The molecule has 0 aliphatic carbocycles. The summed E-state index contributed by atoms with van der Waals surface area (Å²) < 4.78 is 5.23. The van der Waals surface area contributed by atoms with Crippen LogP contribution in [0.15, 0.2) is 24.3 Å². The first kappa shape index (κ1) is 13.8. The number of rotatable bonds is 4. The molecule has 4 atom stereocenters. The van der Waals surface area contributed by atoms with Crippen LogP contribution in [0.5, 0.6) is 0 Å². The molecule has 1 aromatic rings. The Morgan fingerprint density at radius 1 is 1.26 bits per heavy atom. The first-order chi connectivity index (χ1) is 9.02. The van der Waals surface area contributed by atoms with E-state index >= 15 is 0 Å². The molecule has 1 aromatic carbocycles. The Morgan fingerprint density at radius 2 is 1.89 bits per heavy atom. The Labute approximate surface area is 109 Å². The number of carboxylic acid groups (broad SMARTS) is 1. The van der Waals surface area contributed by atoms with Crippen LogP contribution in [0.3, 0.4) is 0 Å². The summed E-state index contributed by atoms with van der Waals surface area (Å²) in [5.74, 6) is -1.28. The molecule has 0 spiro atoms. The minimum absolute atomic E-state index is 0.0340. The second kappa shape index (κ2) is 5.54. The van der Waals surface area contributed by atoms with E-state index < -0.39 is 37.1 Å². The highest BCUT2D eigenvalue weighted by Gasteiger charge is 2.42. The number of benzene rings is 1. The summed E-state index contributed by atoms with van der Waals surface area (Å²) in [5, 5.41) is 41.6. The fourth-order valence-corrected chi connectivity index (χ4v) is 1.89. The second-order valence-electron chi connectivity index (χ2n) is 4.27. The molecule has 1 aliphatic heterocycles. The van der Waals surface area contributed by atoms with Crippen molar-refractivity contribution in [3.63, 3.8) is 0 Å². The molecule has 19 heavy (non-hydrogen) atoms. The molecular weight excluding hydrogens is 254 g/mol. The number of ether oxygens (including phenoxy) is 1. The molecule has 7 heteroatoms. The van der Waals surface area contributed by atoms with Gasteiger partial charge in [-0.15, -0.1) is 0 Å². The van der Waals surface area contributed by atoms with E-state index in [0.717, 1.165) is 0 Å². The van der Waals surface area contributed by atoms with Crippen molar-refractivity contribution in [2.45, 2.75) is 24.5 Å². The van der Waals surface area contributed by atoms with E-state index in [1.807, 2.05) is 0 Å². The molecule has 2 rings (SSSR count). The summed E-state index contributed by atoms with van der Waals surface area (Å²) >= 11 is 0. The molecular formula is C12H14NO6-. The third-order valence-electron chi connectivity index (χ3n) is 2.97. The average Bonchev–Trinajstić information content (AvgIpc) is 2.67. The maximum atomic E-state index is 10.6. The van der Waals surface area contributed by atoms with Crippen LogP contribution in [0.4, 0.5) is 5.69 Å². The Bertz CT molecular complexity index is 448. The van der Waals surface area contributed by atoms with Gasteiger partial charge in [0.25, 0.3) is 0 Å². The van der Waals surface area contributed by atoms with Crippen LogP contribution in [0.1, 0.15) is 10.4 Å². The van der Waals surface area contributed by atoms with Crippen molar-refractivity contribution in [1.82, 2.24) is 0 Å². The standard InChI is InChI=1S/C12H15NO6/c14-5-8-9(15)10(16)11(19-8)13-7-3-1-6(2-4-7)12(17)18/h1-4,8-11,13-16H,5H2,(H,17,18)/p-1/t8-,9+,10-,11-/m0/s1. The highest BCUT2D eigenvalue weighted by molar-refractivity contribution is 5.86. The van der Waals surface area contributed by atoms with Crippen LogP contribution in [0, 0.1) is 0 Å². The zero-order valence-corrected chi connectivity index (χ0v) is 9.89. The van der Waals surface area contributed by atoms with E-state index in [0.29, 0.717) is 5.69 Å². The van der Waals surface area contributed by atoms with Crippen LogP contribution in [0.2, 0.25) is 0 Å². The SMILES string of the molecule is O=C([O-])c1ccc(N[C@H]2O[C@@H](CO)[C@@H](O)[C@@H]2O)cc1. The zero-order valence-electron chi connectivity index (χ0n) is 9.89. The lowest BCUT2D eigenvalue weighted by atomic mass is 10.1. The number of hydrogen-bond acceptors (Lipinski definition) is 7. The molecule has 1 fully saturated rings. The fourth-order valence-electron chi connectivity index (χ4n) is 1.89. The van der Waals surface area contributed by atoms with Crippen molar-refractivity contribution in [2.75, 3.05) is 11.9 Å². The monoisotopic (exact) mass is 268 g/mol. The molecule has 1 aliphatic rings. The van der Waals surface area contributed by atoms with E-state index in [1.165, 1.54) is 24.3 Å². The quantitative estimate of drug-likeness (QED) is 0.493. The van der Waals surface area contributed by atoms with E-state index in [9.17, 15) is 20.1 Å². The molecule has 0 amide bonds.